The van der Waals surface area contributed by atoms with Gasteiger partial charge in [-0.05, 0) is 49.1 Å². The van der Waals surface area contributed by atoms with Crippen molar-refractivity contribution in [3.05, 3.63) is 65.2 Å². The van der Waals surface area contributed by atoms with Gasteiger partial charge >= 0.3 is 0 Å². The van der Waals surface area contributed by atoms with Crippen molar-refractivity contribution in [2.24, 2.45) is 5.92 Å². The van der Waals surface area contributed by atoms with Gasteiger partial charge in [-0.1, -0.05) is 41.9 Å². The van der Waals surface area contributed by atoms with Crippen molar-refractivity contribution in [2.75, 3.05) is 18.4 Å². The van der Waals surface area contributed by atoms with Gasteiger partial charge in [-0.2, -0.15) is 0 Å². The van der Waals surface area contributed by atoms with Gasteiger partial charge < -0.3 is 10.2 Å². The number of carbonyl (C=O) groups excluding carboxylic acids is 2. The van der Waals surface area contributed by atoms with Gasteiger partial charge in [0, 0.05) is 30.2 Å². The van der Waals surface area contributed by atoms with Crippen LogP contribution < -0.4 is 5.32 Å². The molecule has 4 nitrogen and oxygen atoms in total. The van der Waals surface area contributed by atoms with Crippen LogP contribution in [0.2, 0.25) is 5.02 Å². The van der Waals surface area contributed by atoms with Crippen LogP contribution in [0.4, 0.5) is 5.69 Å². The summed E-state index contributed by atoms with van der Waals surface area (Å²) in [6, 6.07) is 17.0. The van der Waals surface area contributed by atoms with Gasteiger partial charge in [0.25, 0.3) is 0 Å². The summed E-state index contributed by atoms with van der Waals surface area (Å²) >= 11 is 5.89. The number of carbonyl (C=O) groups is 2. The third-order valence-corrected chi connectivity index (χ3v) is 4.98. The predicted octanol–water partition coefficient (Wildman–Crippen LogP) is 4.15. The number of nitrogens with zero attached hydrogens (tertiary/aromatic N) is 1. The van der Waals surface area contributed by atoms with Gasteiger partial charge in [0.15, 0.2) is 0 Å². The summed E-state index contributed by atoms with van der Waals surface area (Å²) in [5.74, 6) is -0.0491. The van der Waals surface area contributed by atoms with Gasteiger partial charge in [-0.25, -0.2) is 0 Å². The zero-order valence-electron chi connectivity index (χ0n) is 14.7. The third kappa shape index (κ3) is 5.09. The number of nitrogens with one attached hydrogen (secondary N) is 1. The molecule has 2 aromatic rings. The second-order valence-corrected chi connectivity index (χ2v) is 7.10. The Hall–Kier alpha value is -2.33. The lowest BCUT2D eigenvalue weighted by molar-refractivity contribution is -0.134. The summed E-state index contributed by atoms with van der Waals surface area (Å²) in [6.45, 7) is 1.23. The number of rotatable bonds is 5. The zero-order chi connectivity index (χ0) is 18.4. The molecule has 0 saturated carbocycles. The van der Waals surface area contributed by atoms with E-state index in [1.807, 2.05) is 59.5 Å². The summed E-state index contributed by atoms with van der Waals surface area (Å²) in [4.78, 5) is 26.8. The normalized spacial score (nSPS) is 17.0. The van der Waals surface area contributed by atoms with Crippen LogP contribution in [0.25, 0.3) is 0 Å². The monoisotopic (exact) mass is 370 g/mol. The summed E-state index contributed by atoms with van der Waals surface area (Å²) in [5.41, 5.74) is 1.89. The van der Waals surface area contributed by atoms with E-state index >= 15 is 0 Å². The number of halogens is 1. The highest BCUT2D eigenvalue weighted by Crippen LogP contribution is 2.20. The van der Waals surface area contributed by atoms with Crippen LogP contribution >= 0.6 is 11.6 Å². The molecule has 136 valence electrons. The maximum atomic E-state index is 12.5. The molecule has 1 aliphatic heterocycles. The standard InChI is InChI=1S/C21H23ClN2O2/c22-18-11-8-16(9-12-18)10-13-20(25)24-14-4-5-17(15-24)21(26)23-19-6-2-1-3-7-19/h1-3,6-9,11-12,17H,4-5,10,13-15H2,(H,23,26). The Morgan fingerprint density at radius 2 is 1.81 bits per heavy atom. The lowest BCUT2D eigenvalue weighted by Crippen LogP contribution is -2.43. The molecule has 26 heavy (non-hydrogen) atoms. The molecule has 0 radical (unpaired) electrons. The number of amides is 2. The maximum absolute atomic E-state index is 12.5. The van der Waals surface area contributed by atoms with Crippen molar-refractivity contribution in [3.63, 3.8) is 0 Å². The quantitative estimate of drug-likeness (QED) is 0.859. The molecule has 0 spiro atoms. The minimum Gasteiger partial charge on any atom is -0.342 e. The van der Waals surface area contributed by atoms with E-state index in [0.717, 1.165) is 30.6 Å². The molecule has 1 fully saturated rings. The molecule has 1 aliphatic rings. The molecule has 1 heterocycles. The van der Waals surface area contributed by atoms with Crippen molar-refractivity contribution in [1.29, 1.82) is 0 Å². The fourth-order valence-corrected chi connectivity index (χ4v) is 3.37. The number of aryl methyl sites for hydroxylation is 1. The molecule has 1 saturated heterocycles. The van der Waals surface area contributed by atoms with Crippen LogP contribution in [-0.2, 0) is 16.0 Å². The van der Waals surface area contributed by atoms with Crippen molar-refractivity contribution < 1.29 is 9.59 Å². The molecule has 1 atom stereocenters. The van der Waals surface area contributed by atoms with Crippen molar-refractivity contribution >= 4 is 29.1 Å². The van der Waals surface area contributed by atoms with Crippen molar-refractivity contribution in [3.8, 4) is 0 Å². The molecule has 0 aliphatic carbocycles. The topological polar surface area (TPSA) is 49.4 Å². The molecule has 0 aromatic heterocycles. The van der Waals surface area contributed by atoms with E-state index < -0.39 is 0 Å². The average Bonchev–Trinajstić information content (AvgIpc) is 2.68. The first-order chi connectivity index (χ1) is 12.6. The first-order valence-electron chi connectivity index (χ1n) is 9.00. The highest BCUT2D eigenvalue weighted by atomic mass is 35.5. The molecule has 2 amide bonds. The predicted molar refractivity (Wildman–Crippen MR) is 104 cm³/mol. The van der Waals surface area contributed by atoms with Gasteiger partial charge in [0.05, 0.1) is 5.92 Å². The van der Waals surface area contributed by atoms with E-state index in [1.54, 1.807) is 0 Å². The minimum atomic E-state index is -0.150. The number of benzene rings is 2. The first kappa shape index (κ1) is 18.5. The summed E-state index contributed by atoms with van der Waals surface area (Å²) < 4.78 is 0. The fraction of sp³-hybridized carbons (Fsp3) is 0.333. The summed E-state index contributed by atoms with van der Waals surface area (Å²) in [7, 11) is 0. The van der Waals surface area contributed by atoms with Gasteiger partial charge in [0.1, 0.15) is 0 Å². The van der Waals surface area contributed by atoms with Crippen LogP contribution in [0.5, 0.6) is 0 Å². The Morgan fingerprint density at radius 1 is 1.08 bits per heavy atom. The molecule has 3 rings (SSSR count). The van der Waals surface area contributed by atoms with Gasteiger partial charge in [-0.3, -0.25) is 9.59 Å². The van der Waals surface area contributed by atoms with Gasteiger partial charge in [0.2, 0.25) is 11.8 Å². The molecular weight excluding hydrogens is 348 g/mol. The van der Waals surface area contributed by atoms with Crippen LogP contribution in [0.15, 0.2) is 54.6 Å². The van der Waals surface area contributed by atoms with Crippen molar-refractivity contribution in [1.82, 2.24) is 4.90 Å². The Labute approximate surface area is 159 Å². The smallest absolute Gasteiger partial charge is 0.229 e. The SMILES string of the molecule is O=C(Nc1ccccc1)C1CCCN(C(=O)CCc2ccc(Cl)cc2)C1. The number of piperidine rings is 1. The third-order valence-electron chi connectivity index (χ3n) is 4.73. The number of hydrogen-bond donors (Lipinski definition) is 1. The van der Waals surface area contributed by atoms with E-state index in [4.69, 9.17) is 11.6 Å². The second-order valence-electron chi connectivity index (χ2n) is 6.66. The van der Waals surface area contributed by atoms with Crippen LogP contribution in [-0.4, -0.2) is 29.8 Å². The first-order valence-corrected chi connectivity index (χ1v) is 9.38. The summed E-state index contributed by atoms with van der Waals surface area (Å²) in [6.07, 6.45) is 2.82. The van der Waals surface area contributed by atoms with Crippen LogP contribution in [0.3, 0.4) is 0 Å². The lowest BCUT2D eigenvalue weighted by Gasteiger charge is -2.32. The number of para-hydroxylation sites is 1. The fourth-order valence-electron chi connectivity index (χ4n) is 3.24. The summed E-state index contributed by atoms with van der Waals surface area (Å²) in [5, 5.41) is 3.64. The molecule has 1 unspecified atom stereocenters. The number of likely N-dealkylation sites (tertiary alicyclic amines) is 1. The van der Waals surface area contributed by atoms with E-state index in [9.17, 15) is 9.59 Å². The largest absolute Gasteiger partial charge is 0.342 e. The van der Waals surface area contributed by atoms with Gasteiger partial charge in [-0.15, -0.1) is 0 Å². The Kier molecular flexibility index (Phi) is 6.29. The minimum absolute atomic E-state index is 0.00796. The molecular formula is C21H23ClN2O2. The molecule has 0 bridgehead atoms. The Balaban J connectivity index is 1.51. The van der Waals surface area contributed by atoms with E-state index in [2.05, 4.69) is 5.32 Å². The number of hydrogen-bond acceptors (Lipinski definition) is 2. The Morgan fingerprint density at radius 3 is 2.54 bits per heavy atom. The van der Waals surface area contributed by atoms with E-state index in [0.29, 0.717) is 24.4 Å². The Bertz CT molecular complexity index is 746. The lowest BCUT2D eigenvalue weighted by atomic mass is 9.96. The molecule has 5 heteroatoms. The highest BCUT2D eigenvalue weighted by molar-refractivity contribution is 6.30. The maximum Gasteiger partial charge on any atom is 0.229 e. The van der Waals surface area contributed by atoms with Crippen LogP contribution in [0.1, 0.15) is 24.8 Å². The van der Waals surface area contributed by atoms with E-state index in [1.165, 1.54) is 0 Å². The zero-order valence-corrected chi connectivity index (χ0v) is 15.4. The van der Waals surface area contributed by atoms with E-state index in [-0.39, 0.29) is 17.7 Å². The van der Waals surface area contributed by atoms with Crippen LogP contribution in [0, 0.1) is 5.92 Å². The molecule has 1 N–H and O–H groups in total. The van der Waals surface area contributed by atoms with Crippen molar-refractivity contribution in [2.45, 2.75) is 25.7 Å². The highest BCUT2D eigenvalue weighted by Gasteiger charge is 2.28. The average molecular weight is 371 g/mol. The molecule has 2 aromatic carbocycles. The second kappa shape index (κ2) is 8.86. The number of anilines is 1.